The van der Waals surface area contributed by atoms with E-state index in [9.17, 15) is 18.3 Å². The number of fused-ring (bicyclic) bond motifs is 3. The summed E-state index contributed by atoms with van der Waals surface area (Å²) in [5.41, 5.74) is 1.72. The van der Waals surface area contributed by atoms with Crippen molar-refractivity contribution < 1.29 is 23.9 Å². The summed E-state index contributed by atoms with van der Waals surface area (Å²) in [7, 11) is -3.41. The number of hydrogen-bond acceptors (Lipinski definition) is 4. The smallest absolute Gasteiger partial charge is 0.223 e. The van der Waals surface area contributed by atoms with Crippen molar-refractivity contribution in [3.8, 4) is 5.75 Å². The molecule has 180 valence electrons. The first-order valence-corrected chi connectivity index (χ1v) is 13.4. The number of likely N-dealkylation sites (tertiary alicyclic amines) is 1. The highest BCUT2D eigenvalue weighted by Crippen LogP contribution is 2.48. The zero-order valence-electron chi connectivity index (χ0n) is 19.4. The Morgan fingerprint density at radius 3 is 2.88 bits per heavy atom. The van der Waals surface area contributed by atoms with Crippen molar-refractivity contribution in [2.24, 2.45) is 5.41 Å². The molecule has 1 saturated carbocycles. The first-order chi connectivity index (χ1) is 15.0. The molecule has 8 heteroatoms. The fourth-order valence-electron chi connectivity index (χ4n) is 5.97. The van der Waals surface area contributed by atoms with Gasteiger partial charge in [-0.05, 0) is 61.1 Å². The molecule has 3 N–H and O–H groups in total. The monoisotopic (exact) mass is 468 g/mol. The van der Waals surface area contributed by atoms with Gasteiger partial charge in [-0.25, -0.2) is 4.39 Å². The Hall–Kier alpha value is -1.77. The fourth-order valence-corrected chi connectivity index (χ4v) is 6.45. The number of hydrogen-bond donors (Lipinski definition) is 3. The molecule has 2 aromatic rings. The van der Waals surface area contributed by atoms with E-state index in [1.165, 1.54) is 18.9 Å². The molecule has 4 rings (SSSR count). The molecule has 2 aliphatic rings. The lowest BCUT2D eigenvalue weighted by Crippen LogP contribution is -2.56. The maximum absolute atomic E-state index is 14.6. The van der Waals surface area contributed by atoms with E-state index in [1.807, 2.05) is 6.92 Å². The number of carbonyl (C=O) groups is 1. The first-order valence-electron chi connectivity index (χ1n) is 11.5. The van der Waals surface area contributed by atoms with E-state index in [0.29, 0.717) is 28.8 Å². The Kier molecular flexibility index (Phi) is 6.24. The van der Waals surface area contributed by atoms with Crippen molar-refractivity contribution in [1.82, 2.24) is 9.88 Å². The van der Waals surface area contributed by atoms with E-state index in [-0.39, 0.29) is 25.0 Å². The predicted molar refractivity (Wildman–Crippen MR) is 129 cm³/mol. The molecule has 2 bridgehead atoms. The minimum atomic E-state index is -3.41. The Labute approximate surface area is 192 Å². The summed E-state index contributed by atoms with van der Waals surface area (Å²) in [5.74, 6) is -0.893. The van der Waals surface area contributed by atoms with Gasteiger partial charge in [-0.2, -0.15) is 0 Å². The van der Waals surface area contributed by atoms with E-state index in [4.69, 9.17) is 4.18 Å². The molecule has 1 saturated heterocycles. The lowest BCUT2D eigenvalue weighted by atomic mass is 9.65. The summed E-state index contributed by atoms with van der Waals surface area (Å²) in [6, 6.07) is 3.40. The maximum atomic E-state index is 14.6. The average Bonchev–Trinajstić information content (AvgIpc) is 3.13. The number of H-pyrrole nitrogens is 1. The fraction of sp³-hybridized carbons (Fsp3) is 0.625. The molecular weight excluding hydrogens is 431 g/mol. The van der Waals surface area contributed by atoms with Crippen molar-refractivity contribution in [3.63, 3.8) is 0 Å². The largest absolute Gasteiger partial charge is 0.399 e. The third kappa shape index (κ3) is 4.50. The number of aromatic amines is 1. The van der Waals surface area contributed by atoms with E-state index in [2.05, 4.69) is 23.7 Å². The molecule has 1 aromatic carbocycles. The van der Waals surface area contributed by atoms with Crippen LogP contribution in [0.25, 0.3) is 10.9 Å². The summed E-state index contributed by atoms with van der Waals surface area (Å²) >= 11 is 0. The van der Waals surface area contributed by atoms with E-state index < -0.39 is 16.7 Å². The van der Waals surface area contributed by atoms with Crippen molar-refractivity contribution in [1.29, 1.82) is 0 Å². The van der Waals surface area contributed by atoms with Crippen LogP contribution in [-0.4, -0.2) is 43.2 Å². The highest BCUT2D eigenvalue weighted by Gasteiger charge is 2.45. The Morgan fingerprint density at radius 2 is 2.19 bits per heavy atom. The third-order valence-electron chi connectivity index (χ3n) is 7.35. The molecule has 4 unspecified atom stereocenters. The van der Waals surface area contributed by atoms with Gasteiger partial charge in [0, 0.05) is 43.3 Å². The molecule has 1 aromatic heterocycles. The number of amides is 1. The summed E-state index contributed by atoms with van der Waals surface area (Å²) in [6.45, 7) is 6.48. The summed E-state index contributed by atoms with van der Waals surface area (Å²) in [5, 5.41) is 0.461. The van der Waals surface area contributed by atoms with Gasteiger partial charge in [0.25, 0.3) is 0 Å². The average molecular weight is 469 g/mol. The molecule has 1 aliphatic carbocycles. The van der Waals surface area contributed by atoms with Gasteiger partial charge in [-0.3, -0.25) is 13.9 Å². The topological polar surface area (TPSA) is 85.8 Å². The molecule has 2 fully saturated rings. The van der Waals surface area contributed by atoms with Crippen molar-refractivity contribution in [3.05, 3.63) is 29.7 Å². The second-order valence-corrected chi connectivity index (χ2v) is 11.8. The number of carbonyl (C=O) groups excluding carboxylic acids is 1. The molecule has 32 heavy (non-hydrogen) atoms. The van der Waals surface area contributed by atoms with Gasteiger partial charge in [-0.1, -0.05) is 27.2 Å². The lowest BCUT2D eigenvalue weighted by Gasteiger charge is -2.53. The van der Waals surface area contributed by atoms with Crippen LogP contribution in [0.3, 0.4) is 0 Å². The van der Waals surface area contributed by atoms with Crippen LogP contribution in [0.15, 0.2) is 18.3 Å². The van der Waals surface area contributed by atoms with Crippen molar-refractivity contribution in [2.75, 3.05) is 6.26 Å². The second-order valence-electron chi connectivity index (χ2n) is 10.1. The van der Waals surface area contributed by atoms with Crippen LogP contribution < -0.4 is 4.18 Å². The zero-order chi connectivity index (χ0) is 23.3. The van der Waals surface area contributed by atoms with E-state index in [1.54, 1.807) is 12.3 Å². The lowest BCUT2D eigenvalue weighted by molar-refractivity contribution is -0.144. The molecular formula is C24H37FN2O4S. The van der Waals surface area contributed by atoms with Gasteiger partial charge in [0.1, 0.15) is 10.9 Å². The molecule has 1 amide bonds. The van der Waals surface area contributed by atoms with Crippen LogP contribution in [-0.2, 0) is 4.79 Å². The number of piperidine rings is 1. The van der Waals surface area contributed by atoms with Gasteiger partial charge in [0.15, 0.2) is 11.6 Å². The van der Waals surface area contributed by atoms with Crippen LogP contribution in [0.1, 0.15) is 78.6 Å². The molecule has 0 radical (unpaired) electrons. The van der Waals surface area contributed by atoms with Crippen LogP contribution >= 0.6 is 10.9 Å². The number of nitrogens with one attached hydrogen (secondary N) is 1. The highest BCUT2D eigenvalue weighted by atomic mass is 32.3. The predicted octanol–water partition coefficient (Wildman–Crippen LogP) is 6.68. The SMILES string of the molecule is CCC1CC2(C)CCCC(C2)N1C(=O)CC(C)c1c[nH]c2ccc(F)c(OS(C)(O)O)c12.[HH]. The Balaban J connectivity index is 0.00000306. The van der Waals surface area contributed by atoms with Crippen LogP contribution in [0.2, 0.25) is 0 Å². The molecule has 4 atom stereocenters. The minimum absolute atomic E-state index is 0. The van der Waals surface area contributed by atoms with E-state index in [0.717, 1.165) is 37.5 Å². The van der Waals surface area contributed by atoms with E-state index >= 15 is 0 Å². The number of aromatic nitrogens is 1. The number of rotatable bonds is 6. The summed E-state index contributed by atoms with van der Waals surface area (Å²) in [4.78, 5) is 18.8. The van der Waals surface area contributed by atoms with Crippen molar-refractivity contribution in [2.45, 2.75) is 83.7 Å². The summed E-state index contributed by atoms with van der Waals surface area (Å²) < 4.78 is 39.3. The van der Waals surface area contributed by atoms with Gasteiger partial charge in [0.05, 0.1) is 0 Å². The van der Waals surface area contributed by atoms with Gasteiger partial charge in [-0.15, -0.1) is 0 Å². The van der Waals surface area contributed by atoms with Gasteiger partial charge in [0.2, 0.25) is 5.91 Å². The molecule has 2 heterocycles. The first kappa shape index (κ1) is 23.4. The number of benzene rings is 1. The van der Waals surface area contributed by atoms with Crippen LogP contribution in [0.4, 0.5) is 4.39 Å². The maximum Gasteiger partial charge on any atom is 0.223 e. The van der Waals surface area contributed by atoms with Gasteiger partial charge < -0.3 is 14.1 Å². The van der Waals surface area contributed by atoms with Crippen LogP contribution in [0.5, 0.6) is 5.75 Å². The standard InChI is InChI=1S/C24H35FN2O4S.H2/c1-5-16-12-24(3)10-6-7-17(13-24)27(16)21(28)11-15(2)18-14-26-20-9-8-19(25)23(22(18)20)31-32(4,29)30;/h8-9,14-17,26,29-30H,5-7,10-13H2,1-4H3;1H. The quantitative estimate of drug-likeness (QED) is 0.441. The second kappa shape index (κ2) is 8.54. The van der Waals surface area contributed by atoms with Crippen molar-refractivity contribution >= 4 is 27.7 Å². The van der Waals surface area contributed by atoms with Gasteiger partial charge >= 0.3 is 0 Å². The number of nitrogens with zero attached hydrogens (tertiary/aromatic N) is 1. The third-order valence-corrected chi connectivity index (χ3v) is 7.84. The molecule has 6 nitrogen and oxygen atoms in total. The zero-order valence-corrected chi connectivity index (χ0v) is 20.2. The highest BCUT2D eigenvalue weighted by molar-refractivity contribution is 8.19. The summed E-state index contributed by atoms with van der Waals surface area (Å²) in [6.07, 6.45) is 9.77. The molecule has 0 spiro atoms. The minimum Gasteiger partial charge on any atom is -0.399 e. The normalized spacial score (nSPS) is 27.4. The molecule has 1 aliphatic heterocycles. The Morgan fingerprint density at radius 1 is 1.44 bits per heavy atom. The number of halogens is 1. The Bertz CT molecular complexity index is 1010. The van der Waals surface area contributed by atoms with Crippen LogP contribution in [0, 0.1) is 11.2 Å².